The SMILES string of the molecule is CCN1CC2CCCc3c(C(=O)CCC4CCN(Cc5ccccc5)CC4)ccc1c32. The Morgan fingerprint density at radius 3 is 2.61 bits per heavy atom. The number of benzene rings is 2. The van der Waals surface area contributed by atoms with Gasteiger partial charge >= 0.3 is 0 Å². The largest absolute Gasteiger partial charge is 0.371 e. The highest BCUT2D eigenvalue weighted by molar-refractivity contribution is 5.98. The molecule has 31 heavy (non-hydrogen) atoms. The van der Waals surface area contributed by atoms with Gasteiger partial charge in [0.2, 0.25) is 0 Å². The molecule has 3 heteroatoms. The van der Waals surface area contributed by atoms with Crippen LogP contribution in [0.15, 0.2) is 42.5 Å². The minimum absolute atomic E-state index is 0.389. The van der Waals surface area contributed by atoms with Crippen LogP contribution >= 0.6 is 0 Å². The fourth-order valence-corrected chi connectivity index (χ4v) is 6.17. The second kappa shape index (κ2) is 9.16. The molecule has 0 amide bonds. The normalized spacial score (nSPS) is 21.3. The van der Waals surface area contributed by atoms with Crippen LogP contribution in [0.25, 0.3) is 0 Å². The number of hydrogen-bond donors (Lipinski definition) is 0. The van der Waals surface area contributed by atoms with Crippen molar-refractivity contribution < 1.29 is 4.79 Å². The van der Waals surface area contributed by atoms with Gasteiger partial charge in [-0.3, -0.25) is 9.69 Å². The van der Waals surface area contributed by atoms with E-state index in [0.717, 1.165) is 57.5 Å². The summed E-state index contributed by atoms with van der Waals surface area (Å²) in [6, 6.07) is 15.2. The number of rotatable bonds is 7. The zero-order valence-electron chi connectivity index (χ0n) is 19.0. The summed E-state index contributed by atoms with van der Waals surface area (Å²) in [4.78, 5) is 18.3. The van der Waals surface area contributed by atoms with E-state index >= 15 is 0 Å². The van der Waals surface area contributed by atoms with Crippen LogP contribution < -0.4 is 4.90 Å². The molecule has 0 spiro atoms. The summed E-state index contributed by atoms with van der Waals surface area (Å²) >= 11 is 0. The molecular formula is C28H36N2O. The summed E-state index contributed by atoms with van der Waals surface area (Å²) in [5, 5.41) is 0. The van der Waals surface area contributed by atoms with Crippen molar-refractivity contribution in [3.8, 4) is 0 Å². The maximum absolute atomic E-state index is 13.2. The number of hydrogen-bond acceptors (Lipinski definition) is 3. The van der Waals surface area contributed by atoms with Crippen molar-refractivity contribution in [3.05, 3.63) is 64.7 Å². The highest BCUT2D eigenvalue weighted by atomic mass is 16.1. The maximum atomic E-state index is 13.2. The first-order valence-corrected chi connectivity index (χ1v) is 12.4. The summed E-state index contributed by atoms with van der Waals surface area (Å²) in [6.45, 7) is 7.84. The standard InChI is InChI=1S/C28H36N2O/c1-2-30-20-23-9-6-10-25-24(12-13-26(30)28(23)25)27(31)14-11-21-15-17-29(18-16-21)19-22-7-4-3-5-8-22/h3-5,7-8,12-13,21,23H,2,6,9-11,14-20H2,1H3. The molecule has 0 aromatic heterocycles. The second-order valence-corrected chi connectivity index (χ2v) is 9.82. The Kier molecular flexibility index (Phi) is 6.13. The lowest BCUT2D eigenvalue weighted by Gasteiger charge is -2.32. The highest BCUT2D eigenvalue weighted by Gasteiger charge is 2.34. The zero-order valence-corrected chi connectivity index (χ0v) is 19.0. The number of likely N-dealkylation sites (tertiary alicyclic amines) is 1. The van der Waals surface area contributed by atoms with Gasteiger partial charge in [0.05, 0.1) is 0 Å². The Balaban J connectivity index is 1.17. The quantitative estimate of drug-likeness (QED) is 0.531. The van der Waals surface area contributed by atoms with Gasteiger partial charge in [0.15, 0.2) is 5.78 Å². The van der Waals surface area contributed by atoms with Gasteiger partial charge in [-0.05, 0) is 93.3 Å². The fourth-order valence-electron chi connectivity index (χ4n) is 6.17. The van der Waals surface area contributed by atoms with Crippen LogP contribution in [0.2, 0.25) is 0 Å². The topological polar surface area (TPSA) is 23.6 Å². The molecule has 0 N–H and O–H groups in total. The second-order valence-electron chi connectivity index (χ2n) is 9.82. The Bertz CT molecular complexity index is 914. The summed E-state index contributed by atoms with van der Waals surface area (Å²) in [5.74, 6) is 1.74. The Hall–Kier alpha value is -2.13. The number of nitrogens with zero attached hydrogens (tertiary/aromatic N) is 2. The van der Waals surface area contributed by atoms with E-state index in [1.807, 2.05) is 0 Å². The molecule has 1 saturated heterocycles. The van der Waals surface area contributed by atoms with E-state index in [1.54, 1.807) is 0 Å². The molecule has 2 aromatic rings. The Morgan fingerprint density at radius 2 is 1.84 bits per heavy atom. The first-order valence-electron chi connectivity index (χ1n) is 12.4. The Morgan fingerprint density at radius 1 is 1.03 bits per heavy atom. The minimum atomic E-state index is 0.389. The van der Waals surface area contributed by atoms with Crippen LogP contribution in [-0.4, -0.2) is 36.9 Å². The molecule has 164 valence electrons. The summed E-state index contributed by atoms with van der Waals surface area (Å²) < 4.78 is 0. The lowest BCUT2D eigenvalue weighted by molar-refractivity contribution is 0.0960. The monoisotopic (exact) mass is 416 g/mol. The molecule has 2 aliphatic heterocycles. The average molecular weight is 417 g/mol. The van der Waals surface area contributed by atoms with E-state index in [2.05, 4.69) is 59.2 Å². The molecule has 0 saturated carbocycles. The van der Waals surface area contributed by atoms with E-state index in [4.69, 9.17) is 0 Å². The van der Waals surface area contributed by atoms with Crippen LogP contribution in [0.5, 0.6) is 0 Å². The van der Waals surface area contributed by atoms with Crippen molar-refractivity contribution in [1.82, 2.24) is 4.90 Å². The first kappa shape index (κ1) is 20.8. The van der Waals surface area contributed by atoms with Gasteiger partial charge in [-0.25, -0.2) is 0 Å². The Labute approximate surface area is 187 Å². The fraction of sp³-hybridized carbons (Fsp3) is 0.536. The molecule has 1 atom stereocenters. The summed E-state index contributed by atoms with van der Waals surface area (Å²) in [6.07, 6.45) is 7.84. The van der Waals surface area contributed by atoms with Crippen molar-refractivity contribution in [3.63, 3.8) is 0 Å². The molecule has 1 aliphatic carbocycles. The minimum Gasteiger partial charge on any atom is -0.371 e. The molecule has 2 heterocycles. The van der Waals surface area contributed by atoms with Gasteiger partial charge in [0.25, 0.3) is 0 Å². The molecule has 1 unspecified atom stereocenters. The number of carbonyl (C=O) groups is 1. The first-order chi connectivity index (χ1) is 15.2. The van der Waals surface area contributed by atoms with E-state index in [1.165, 1.54) is 48.1 Å². The predicted molar refractivity (Wildman–Crippen MR) is 128 cm³/mol. The zero-order chi connectivity index (χ0) is 21.2. The molecule has 1 fully saturated rings. The van der Waals surface area contributed by atoms with Crippen LogP contribution in [0.1, 0.15) is 78.4 Å². The van der Waals surface area contributed by atoms with Gasteiger partial charge in [-0.2, -0.15) is 0 Å². The molecule has 5 rings (SSSR count). The summed E-state index contributed by atoms with van der Waals surface area (Å²) in [5.41, 5.74) is 6.77. The third-order valence-corrected chi connectivity index (χ3v) is 7.92. The van der Waals surface area contributed by atoms with Crippen molar-refractivity contribution in [2.75, 3.05) is 31.1 Å². The van der Waals surface area contributed by atoms with Gasteiger partial charge < -0.3 is 4.90 Å². The van der Waals surface area contributed by atoms with E-state index in [9.17, 15) is 4.79 Å². The third-order valence-electron chi connectivity index (χ3n) is 7.92. The lowest BCUT2D eigenvalue weighted by Crippen LogP contribution is -2.33. The van der Waals surface area contributed by atoms with Crippen LogP contribution in [0.3, 0.4) is 0 Å². The van der Waals surface area contributed by atoms with Gasteiger partial charge in [-0.15, -0.1) is 0 Å². The molecule has 2 aromatic carbocycles. The predicted octanol–water partition coefficient (Wildman–Crippen LogP) is 5.82. The van der Waals surface area contributed by atoms with E-state index in [0.29, 0.717) is 17.6 Å². The van der Waals surface area contributed by atoms with Crippen LogP contribution in [0, 0.1) is 5.92 Å². The number of likely N-dealkylation sites (N-methyl/N-ethyl adjacent to an activating group) is 1. The molecular weight excluding hydrogens is 380 g/mol. The number of ketones is 1. The third kappa shape index (κ3) is 4.30. The van der Waals surface area contributed by atoms with Crippen LogP contribution in [-0.2, 0) is 13.0 Å². The van der Waals surface area contributed by atoms with Gasteiger partial charge in [0.1, 0.15) is 0 Å². The van der Waals surface area contributed by atoms with Gasteiger partial charge in [0, 0.05) is 43.2 Å². The van der Waals surface area contributed by atoms with Crippen molar-refractivity contribution >= 4 is 11.5 Å². The molecule has 0 radical (unpaired) electrons. The van der Waals surface area contributed by atoms with Gasteiger partial charge in [-0.1, -0.05) is 30.3 Å². The number of anilines is 1. The smallest absolute Gasteiger partial charge is 0.163 e. The molecule has 0 bridgehead atoms. The van der Waals surface area contributed by atoms with Crippen molar-refractivity contribution in [2.45, 2.75) is 64.3 Å². The highest BCUT2D eigenvalue weighted by Crippen LogP contribution is 2.45. The summed E-state index contributed by atoms with van der Waals surface area (Å²) in [7, 11) is 0. The van der Waals surface area contributed by atoms with Crippen molar-refractivity contribution in [2.24, 2.45) is 5.92 Å². The molecule has 3 aliphatic rings. The maximum Gasteiger partial charge on any atom is 0.163 e. The van der Waals surface area contributed by atoms with E-state index < -0.39 is 0 Å². The lowest BCUT2D eigenvalue weighted by atomic mass is 9.80. The number of Topliss-reactive ketones (excluding diaryl/α,β-unsaturated/α-hetero) is 1. The number of piperidine rings is 1. The van der Waals surface area contributed by atoms with Crippen LogP contribution in [0.4, 0.5) is 5.69 Å². The average Bonchev–Trinajstić information content (AvgIpc) is 3.19. The molecule has 3 nitrogen and oxygen atoms in total. The van der Waals surface area contributed by atoms with E-state index in [-0.39, 0.29) is 0 Å². The van der Waals surface area contributed by atoms with Crippen molar-refractivity contribution in [1.29, 1.82) is 0 Å². The number of carbonyl (C=O) groups excluding carboxylic acids is 1.